The average molecular weight is 249 g/mol. The van der Waals surface area contributed by atoms with Crippen molar-refractivity contribution in [2.45, 2.75) is 45.7 Å². The number of hydrogen-bond donors (Lipinski definition) is 1. The molecule has 1 aromatic heterocycles. The molecule has 1 heterocycles. The lowest BCUT2D eigenvalue weighted by Gasteiger charge is -2.20. The number of allylic oxidation sites excluding steroid dienone is 1. The van der Waals surface area contributed by atoms with Gasteiger partial charge in [-0.1, -0.05) is 6.08 Å². The van der Waals surface area contributed by atoms with E-state index < -0.39 is 0 Å². The van der Waals surface area contributed by atoms with Crippen LogP contribution in [-0.4, -0.2) is 22.1 Å². The highest BCUT2D eigenvalue weighted by Crippen LogP contribution is 2.07. The van der Waals surface area contributed by atoms with E-state index in [0.717, 1.165) is 18.5 Å². The van der Waals surface area contributed by atoms with Crippen molar-refractivity contribution in [3.8, 4) is 5.88 Å². The predicted molar refractivity (Wildman–Crippen MR) is 73.6 cm³/mol. The summed E-state index contributed by atoms with van der Waals surface area (Å²) in [5, 5.41) is 3.37. The van der Waals surface area contributed by atoms with Gasteiger partial charge in [-0.25, -0.2) is 4.98 Å². The van der Waals surface area contributed by atoms with E-state index in [-0.39, 0.29) is 5.54 Å². The first-order valence-corrected chi connectivity index (χ1v) is 6.31. The molecule has 0 bridgehead atoms. The molecule has 0 aromatic carbocycles. The molecule has 0 radical (unpaired) electrons. The van der Waals surface area contributed by atoms with Crippen molar-refractivity contribution in [3.63, 3.8) is 0 Å². The van der Waals surface area contributed by atoms with Gasteiger partial charge in [0, 0.05) is 18.3 Å². The molecule has 4 heteroatoms. The van der Waals surface area contributed by atoms with Crippen LogP contribution in [0.1, 0.15) is 39.3 Å². The SMILES string of the molecule is C=CCCCOc1cncc(CNC(C)(C)C)n1. The molecular weight excluding hydrogens is 226 g/mol. The average Bonchev–Trinajstić information content (AvgIpc) is 2.32. The van der Waals surface area contributed by atoms with E-state index in [4.69, 9.17) is 4.74 Å². The van der Waals surface area contributed by atoms with Crippen LogP contribution in [0, 0.1) is 0 Å². The van der Waals surface area contributed by atoms with Gasteiger partial charge in [-0.2, -0.15) is 0 Å². The Morgan fingerprint density at radius 2 is 2.17 bits per heavy atom. The van der Waals surface area contributed by atoms with E-state index in [1.165, 1.54) is 0 Å². The van der Waals surface area contributed by atoms with Crippen molar-refractivity contribution in [2.24, 2.45) is 0 Å². The second kappa shape index (κ2) is 7.11. The van der Waals surface area contributed by atoms with Gasteiger partial charge in [0.2, 0.25) is 5.88 Å². The fourth-order valence-corrected chi connectivity index (χ4v) is 1.30. The van der Waals surface area contributed by atoms with Gasteiger partial charge in [-0.3, -0.25) is 4.98 Å². The minimum Gasteiger partial charge on any atom is -0.477 e. The number of aromatic nitrogens is 2. The molecule has 0 aliphatic heterocycles. The Hall–Kier alpha value is -1.42. The van der Waals surface area contributed by atoms with Crippen molar-refractivity contribution < 1.29 is 4.74 Å². The molecule has 18 heavy (non-hydrogen) atoms. The first-order chi connectivity index (χ1) is 8.51. The van der Waals surface area contributed by atoms with Gasteiger partial charge in [0.1, 0.15) is 0 Å². The van der Waals surface area contributed by atoms with Crippen molar-refractivity contribution >= 4 is 0 Å². The quantitative estimate of drug-likeness (QED) is 0.596. The minimum atomic E-state index is 0.0719. The summed E-state index contributed by atoms with van der Waals surface area (Å²) in [6.07, 6.45) is 7.21. The molecule has 0 atom stereocenters. The Bertz CT molecular complexity index is 372. The number of hydrogen-bond acceptors (Lipinski definition) is 4. The molecule has 0 fully saturated rings. The summed E-state index contributed by atoms with van der Waals surface area (Å²) >= 11 is 0. The van der Waals surface area contributed by atoms with Crippen LogP contribution in [-0.2, 0) is 6.54 Å². The van der Waals surface area contributed by atoms with Gasteiger partial charge < -0.3 is 10.1 Å². The molecular formula is C14H23N3O. The summed E-state index contributed by atoms with van der Waals surface area (Å²) in [4.78, 5) is 8.54. The predicted octanol–water partition coefficient (Wildman–Crippen LogP) is 2.71. The summed E-state index contributed by atoms with van der Waals surface area (Å²) < 4.78 is 5.53. The van der Waals surface area contributed by atoms with Crippen LogP contribution in [0.25, 0.3) is 0 Å². The number of nitrogens with one attached hydrogen (secondary N) is 1. The molecule has 4 nitrogen and oxygen atoms in total. The highest BCUT2D eigenvalue weighted by Gasteiger charge is 2.09. The fraction of sp³-hybridized carbons (Fsp3) is 0.571. The summed E-state index contributed by atoms with van der Waals surface area (Å²) in [6.45, 7) is 11.4. The van der Waals surface area contributed by atoms with Gasteiger partial charge >= 0.3 is 0 Å². The Labute approximate surface area is 109 Å². The molecule has 1 aromatic rings. The van der Waals surface area contributed by atoms with Gasteiger partial charge in [-0.05, 0) is 33.6 Å². The van der Waals surface area contributed by atoms with Crippen LogP contribution >= 0.6 is 0 Å². The van der Waals surface area contributed by atoms with E-state index in [1.807, 2.05) is 6.08 Å². The van der Waals surface area contributed by atoms with Crippen molar-refractivity contribution in [2.75, 3.05) is 6.61 Å². The second-order valence-corrected chi connectivity index (χ2v) is 5.23. The maximum Gasteiger partial charge on any atom is 0.232 e. The topological polar surface area (TPSA) is 47.0 Å². The number of unbranched alkanes of at least 4 members (excludes halogenated alkanes) is 1. The van der Waals surface area contributed by atoms with E-state index in [0.29, 0.717) is 19.0 Å². The summed E-state index contributed by atoms with van der Waals surface area (Å²) in [7, 11) is 0. The standard InChI is InChI=1S/C14H23N3O/c1-5-6-7-8-18-13-11-15-9-12(17-13)10-16-14(2,3)4/h5,9,11,16H,1,6-8,10H2,2-4H3. The number of nitrogens with zero attached hydrogens (tertiary/aromatic N) is 2. The van der Waals surface area contributed by atoms with E-state index in [1.54, 1.807) is 12.4 Å². The third-order valence-electron chi connectivity index (χ3n) is 2.26. The van der Waals surface area contributed by atoms with E-state index in [9.17, 15) is 0 Å². The van der Waals surface area contributed by atoms with Crippen LogP contribution in [0.2, 0.25) is 0 Å². The molecule has 0 spiro atoms. The summed E-state index contributed by atoms with van der Waals surface area (Å²) in [5.74, 6) is 0.590. The van der Waals surface area contributed by atoms with Gasteiger partial charge in [-0.15, -0.1) is 6.58 Å². The van der Waals surface area contributed by atoms with Gasteiger partial charge in [0.05, 0.1) is 18.5 Å². The lowest BCUT2D eigenvalue weighted by Crippen LogP contribution is -2.35. The first-order valence-electron chi connectivity index (χ1n) is 6.31. The number of ether oxygens (including phenoxy) is 1. The lowest BCUT2D eigenvalue weighted by molar-refractivity contribution is 0.297. The zero-order chi connectivity index (χ0) is 13.4. The highest BCUT2D eigenvalue weighted by atomic mass is 16.5. The normalized spacial score (nSPS) is 11.3. The molecule has 0 aliphatic rings. The molecule has 1 N–H and O–H groups in total. The first kappa shape index (κ1) is 14.6. The summed E-state index contributed by atoms with van der Waals surface area (Å²) in [5.41, 5.74) is 0.967. The summed E-state index contributed by atoms with van der Waals surface area (Å²) in [6, 6.07) is 0. The maximum atomic E-state index is 5.53. The van der Waals surface area contributed by atoms with Crippen LogP contribution in [0.5, 0.6) is 5.88 Å². The molecule has 100 valence electrons. The van der Waals surface area contributed by atoms with Crippen LogP contribution in [0.3, 0.4) is 0 Å². The highest BCUT2D eigenvalue weighted by molar-refractivity contribution is 5.08. The van der Waals surface area contributed by atoms with Crippen molar-refractivity contribution in [3.05, 3.63) is 30.7 Å². The second-order valence-electron chi connectivity index (χ2n) is 5.23. The third kappa shape index (κ3) is 6.35. The molecule has 0 saturated carbocycles. The van der Waals surface area contributed by atoms with Crippen molar-refractivity contribution in [1.29, 1.82) is 0 Å². The molecule has 0 saturated heterocycles. The monoisotopic (exact) mass is 249 g/mol. The Morgan fingerprint density at radius 1 is 1.39 bits per heavy atom. The van der Waals surface area contributed by atoms with E-state index in [2.05, 4.69) is 42.6 Å². The third-order valence-corrected chi connectivity index (χ3v) is 2.26. The zero-order valence-corrected chi connectivity index (χ0v) is 11.6. The molecule has 0 amide bonds. The fourth-order valence-electron chi connectivity index (χ4n) is 1.30. The Morgan fingerprint density at radius 3 is 2.83 bits per heavy atom. The van der Waals surface area contributed by atoms with Crippen molar-refractivity contribution in [1.82, 2.24) is 15.3 Å². The maximum absolute atomic E-state index is 5.53. The lowest BCUT2D eigenvalue weighted by atomic mass is 10.1. The van der Waals surface area contributed by atoms with Crippen LogP contribution < -0.4 is 10.1 Å². The molecule has 0 unspecified atom stereocenters. The molecule has 1 rings (SSSR count). The Kier molecular flexibility index (Phi) is 5.78. The van der Waals surface area contributed by atoms with Crippen LogP contribution in [0.15, 0.2) is 25.0 Å². The largest absolute Gasteiger partial charge is 0.477 e. The smallest absolute Gasteiger partial charge is 0.232 e. The van der Waals surface area contributed by atoms with Gasteiger partial charge in [0.15, 0.2) is 0 Å². The van der Waals surface area contributed by atoms with Crippen LogP contribution in [0.4, 0.5) is 0 Å². The minimum absolute atomic E-state index is 0.0719. The van der Waals surface area contributed by atoms with E-state index >= 15 is 0 Å². The molecule has 0 aliphatic carbocycles. The van der Waals surface area contributed by atoms with Gasteiger partial charge in [0.25, 0.3) is 0 Å². The zero-order valence-electron chi connectivity index (χ0n) is 11.6. The number of rotatable bonds is 7. The Balaban J connectivity index is 2.43.